The molecule has 0 saturated heterocycles. The van der Waals surface area contributed by atoms with Gasteiger partial charge in [0.2, 0.25) is 15.9 Å². The van der Waals surface area contributed by atoms with E-state index in [0.29, 0.717) is 12.2 Å². The van der Waals surface area contributed by atoms with Gasteiger partial charge in [-0.1, -0.05) is 48.0 Å². The molecule has 0 heterocycles. The van der Waals surface area contributed by atoms with Crippen molar-refractivity contribution < 1.29 is 13.2 Å². The third-order valence-corrected chi connectivity index (χ3v) is 5.08. The molecule has 2 aromatic rings. The Labute approximate surface area is 149 Å². The number of benzene rings is 2. The van der Waals surface area contributed by atoms with E-state index in [4.69, 9.17) is 0 Å². The minimum Gasteiger partial charge on any atom is -0.352 e. The molecule has 2 rings (SSSR count). The van der Waals surface area contributed by atoms with Crippen LogP contribution in [0.3, 0.4) is 0 Å². The lowest BCUT2D eigenvalue weighted by atomic mass is 10.1. The van der Waals surface area contributed by atoms with Crippen LogP contribution in [0.25, 0.3) is 0 Å². The first-order valence-corrected chi connectivity index (χ1v) is 9.98. The second kappa shape index (κ2) is 8.16. The molecule has 25 heavy (non-hydrogen) atoms. The maximum absolute atomic E-state index is 12.2. The van der Waals surface area contributed by atoms with Crippen molar-refractivity contribution in [3.63, 3.8) is 0 Å². The number of carbonyl (C=O) groups is 1. The highest BCUT2D eigenvalue weighted by molar-refractivity contribution is 7.92. The van der Waals surface area contributed by atoms with Crippen LogP contribution in [-0.2, 0) is 21.4 Å². The molecule has 0 unspecified atom stereocenters. The van der Waals surface area contributed by atoms with Crippen LogP contribution in [0.2, 0.25) is 0 Å². The summed E-state index contributed by atoms with van der Waals surface area (Å²) >= 11 is 0. The Balaban J connectivity index is 2.02. The Morgan fingerprint density at radius 2 is 1.76 bits per heavy atom. The number of hydrogen-bond acceptors (Lipinski definition) is 3. The lowest BCUT2D eigenvalue weighted by Gasteiger charge is -2.24. The van der Waals surface area contributed by atoms with Crippen molar-refractivity contribution in [3.8, 4) is 0 Å². The molecule has 6 heteroatoms. The number of aryl methyl sites for hydroxylation is 2. The quantitative estimate of drug-likeness (QED) is 0.826. The molecule has 0 bridgehead atoms. The Kier molecular flexibility index (Phi) is 6.20. The second-order valence-corrected chi connectivity index (χ2v) is 8.04. The van der Waals surface area contributed by atoms with Gasteiger partial charge in [0.05, 0.1) is 11.9 Å². The number of anilines is 1. The van der Waals surface area contributed by atoms with Gasteiger partial charge in [0.15, 0.2) is 0 Å². The highest BCUT2D eigenvalue weighted by atomic mass is 32.2. The second-order valence-electron chi connectivity index (χ2n) is 6.14. The number of nitrogens with zero attached hydrogens (tertiary/aromatic N) is 1. The van der Waals surface area contributed by atoms with E-state index in [1.54, 1.807) is 6.07 Å². The normalized spacial score (nSPS) is 11.2. The average Bonchev–Trinajstić information content (AvgIpc) is 2.54. The standard InChI is InChI=1S/C19H24N2O3S/c1-15-9-10-18(16(2)13-15)21(25(3,23)24)12-11-19(22)20-14-17-7-5-4-6-8-17/h4-10,13H,11-12,14H2,1-3H3,(H,20,22). The summed E-state index contributed by atoms with van der Waals surface area (Å²) in [4.78, 5) is 12.1. The van der Waals surface area contributed by atoms with Crippen LogP contribution in [0.1, 0.15) is 23.1 Å². The van der Waals surface area contributed by atoms with Crippen LogP contribution in [-0.4, -0.2) is 27.1 Å². The number of rotatable bonds is 7. The molecule has 134 valence electrons. The van der Waals surface area contributed by atoms with E-state index in [1.165, 1.54) is 4.31 Å². The zero-order valence-electron chi connectivity index (χ0n) is 14.8. The van der Waals surface area contributed by atoms with Crippen LogP contribution < -0.4 is 9.62 Å². The first kappa shape index (κ1) is 19.0. The summed E-state index contributed by atoms with van der Waals surface area (Å²) in [5.74, 6) is -0.178. The van der Waals surface area contributed by atoms with Gasteiger partial charge < -0.3 is 5.32 Å². The molecule has 1 N–H and O–H groups in total. The fourth-order valence-corrected chi connectivity index (χ4v) is 3.62. The molecule has 0 radical (unpaired) electrons. The van der Waals surface area contributed by atoms with E-state index in [0.717, 1.165) is 22.9 Å². The van der Waals surface area contributed by atoms with E-state index in [-0.39, 0.29) is 18.9 Å². The van der Waals surface area contributed by atoms with Gasteiger partial charge in [-0.15, -0.1) is 0 Å². The zero-order valence-corrected chi connectivity index (χ0v) is 15.6. The number of carbonyl (C=O) groups excluding carboxylic acids is 1. The van der Waals surface area contributed by atoms with Crippen LogP contribution in [0.15, 0.2) is 48.5 Å². The van der Waals surface area contributed by atoms with E-state index >= 15 is 0 Å². The highest BCUT2D eigenvalue weighted by Crippen LogP contribution is 2.23. The molecule has 0 aliphatic carbocycles. The number of sulfonamides is 1. The average molecular weight is 360 g/mol. The van der Waals surface area contributed by atoms with Gasteiger partial charge in [-0.05, 0) is 31.0 Å². The summed E-state index contributed by atoms with van der Waals surface area (Å²) in [6.45, 7) is 4.38. The maximum Gasteiger partial charge on any atom is 0.232 e. The van der Waals surface area contributed by atoms with E-state index < -0.39 is 10.0 Å². The summed E-state index contributed by atoms with van der Waals surface area (Å²) in [7, 11) is -3.46. The van der Waals surface area contributed by atoms with Gasteiger partial charge in [-0.2, -0.15) is 0 Å². The first-order chi connectivity index (χ1) is 11.8. The van der Waals surface area contributed by atoms with E-state index in [2.05, 4.69) is 5.32 Å². The third kappa shape index (κ3) is 5.60. The Morgan fingerprint density at radius 1 is 1.08 bits per heavy atom. The molecule has 0 aliphatic rings. The minimum absolute atomic E-state index is 0.104. The number of amides is 1. The van der Waals surface area contributed by atoms with Crippen LogP contribution >= 0.6 is 0 Å². The molecule has 0 aromatic heterocycles. The molecule has 2 aromatic carbocycles. The largest absolute Gasteiger partial charge is 0.352 e. The van der Waals surface area contributed by atoms with Gasteiger partial charge in [-0.3, -0.25) is 9.10 Å². The van der Waals surface area contributed by atoms with E-state index in [9.17, 15) is 13.2 Å². The van der Waals surface area contributed by atoms with E-state index in [1.807, 2.05) is 56.3 Å². The van der Waals surface area contributed by atoms with Crippen LogP contribution in [0.5, 0.6) is 0 Å². The summed E-state index contributed by atoms with van der Waals surface area (Å²) in [5, 5.41) is 2.82. The van der Waals surface area contributed by atoms with Crippen LogP contribution in [0, 0.1) is 13.8 Å². The SMILES string of the molecule is Cc1ccc(N(CCC(=O)NCc2ccccc2)S(C)(=O)=O)c(C)c1. The molecule has 0 spiro atoms. The smallest absolute Gasteiger partial charge is 0.232 e. The molecular formula is C19H24N2O3S. The topological polar surface area (TPSA) is 66.5 Å². The monoisotopic (exact) mass is 360 g/mol. The lowest BCUT2D eigenvalue weighted by molar-refractivity contribution is -0.121. The van der Waals surface area contributed by atoms with Gasteiger partial charge in [0, 0.05) is 19.5 Å². The molecule has 5 nitrogen and oxygen atoms in total. The van der Waals surface area contributed by atoms with Crippen molar-refractivity contribution in [2.24, 2.45) is 0 Å². The van der Waals surface area contributed by atoms with Crippen molar-refractivity contribution >= 4 is 21.6 Å². The molecule has 1 amide bonds. The Morgan fingerprint density at radius 3 is 2.36 bits per heavy atom. The highest BCUT2D eigenvalue weighted by Gasteiger charge is 2.20. The number of nitrogens with one attached hydrogen (secondary N) is 1. The van der Waals surface area contributed by atoms with Gasteiger partial charge >= 0.3 is 0 Å². The summed E-state index contributed by atoms with van der Waals surface area (Å²) in [5.41, 5.74) is 3.56. The molecule has 0 fully saturated rings. The van der Waals surface area contributed by atoms with Crippen molar-refractivity contribution in [3.05, 3.63) is 65.2 Å². The van der Waals surface area contributed by atoms with Crippen molar-refractivity contribution in [1.29, 1.82) is 0 Å². The van der Waals surface area contributed by atoms with Crippen LogP contribution in [0.4, 0.5) is 5.69 Å². The summed E-state index contributed by atoms with van der Waals surface area (Å²) < 4.78 is 25.6. The molecular weight excluding hydrogens is 336 g/mol. The van der Waals surface area contributed by atoms with Crippen molar-refractivity contribution in [2.75, 3.05) is 17.1 Å². The summed E-state index contributed by atoms with van der Waals surface area (Å²) in [6, 6.07) is 15.2. The fraction of sp³-hybridized carbons (Fsp3) is 0.316. The summed E-state index contributed by atoms with van der Waals surface area (Å²) in [6.07, 6.45) is 1.27. The molecule has 0 atom stereocenters. The lowest BCUT2D eigenvalue weighted by Crippen LogP contribution is -2.35. The van der Waals surface area contributed by atoms with Gasteiger partial charge in [-0.25, -0.2) is 8.42 Å². The Hall–Kier alpha value is -2.34. The molecule has 0 aliphatic heterocycles. The third-order valence-electron chi connectivity index (χ3n) is 3.90. The van der Waals surface area contributed by atoms with Gasteiger partial charge in [0.1, 0.15) is 0 Å². The Bertz CT molecular complexity index is 833. The first-order valence-electron chi connectivity index (χ1n) is 8.13. The predicted molar refractivity (Wildman–Crippen MR) is 101 cm³/mol. The minimum atomic E-state index is -3.46. The number of hydrogen-bond donors (Lipinski definition) is 1. The van der Waals surface area contributed by atoms with Crippen molar-refractivity contribution in [1.82, 2.24) is 5.32 Å². The van der Waals surface area contributed by atoms with Gasteiger partial charge in [0.25, 0.3) is 0 Å². The zero-order chi connectivity index (χ0) is 18.4. The maximum atomic E-state index is 12.2. The molecule has 0 saturated carbocycles. The van der Waals surface area contributed by atoms with Crippen molar-refractivity contribution in [2.45, 2.75) is 26.8 Å². The fourth-order valence-electron chi connectivity index (χ4n) is 2.64. The predicted octanol–water partition coefficient (Wildman–Crippen LogP) is 2.78.